The van der Waals surface area contributed by atoms with Crippen molar-refractivity contribution < 1.29 is 10.0 Å². The second-order valence-electron chi connectivity index (χ2n) is 5.71. The summed E-state index contributed by atoms with van der Waals surface area (Å²) >= 11 is 3.58. The van der Waals surface area contributed by atoms with Crippen molar-refractivity contribution in [3.8, 4) is 11.1 Å². The summed E-state index contributed by atoms with van der Waals surface area (Å²) in [7, 11) is -1.40. The van der Waals surface area contributed by atoms with Crippen LogP contribution in [0, 0.1) is 0 Å². The molecular formula is C17H18BBrO2. The van der Waals surface area contributed by atoms with E-state index in [9.17, 15) is 10.0 Å². The van der Waals surface area contributed by atoms with E-state index < -0.39 is 7.12 Å². The van der Waals surface area contributed by atoms with Crippen LogP contribution in [0.2, 0.25) is 0 Å². The standard InChI is InChI=1S/C17H18BBrO2/c19-15-9-10-16(17(11-15)12-3-1-2-4-12)13-5-7-14(8-6-13)18(20)21/h5-12,20-21H,1-4H2. The minimum Gasteiger partial charge on any atom is -0.423 e. The van der Waals surface area contributed by atoms with E-state index in [4.69, 9.17) is 0 Å². The summed E-state index contributed by atoms with van der Waals surface area (Å²) in [6.07, 6.45) is 5.15. The topological polar surface area (TPSA) is 40.5 Å². The summed E-state index contributed by atoms with van der Waals surface area (Å²) in [5, 5.41) is 18.4. The molecule has 0 unspecified atom stereocenters. The molecule has 0 atom stereocenters. The number of benzene rings is 2. The maximum atomic E-state index is 9.20. The van der Waals surface area contributed by atoms with Gasteiger partial charge in [0.15, 0.2) is 0 Å². The Kier molecular flexibility index (Phi) is 4.48. The molecule has 1 fully saturated rings. The molecule has 21 heavy (non-hydrogen) atoms. The lowest BCUT2D eigenvalue weighted by molar-refractivity contribution is 0.426. The predicted molar refractivity (Wildman–Crippen MR) is 90.6 cm³/mol. The van der Waals surface area contributed by atoms with Gasteiger partial charge in [0.05, 0.1) is 0 Å². The Balaban J connectivity index is 2.00. The number of hydrogen-bond donors (Lipinski definition) is 2. The van der Waals surface area contributed by atoms with Crippen molar-refractivity contribution >= 4 is 28.5 Å². The molecule has 0 spiro atoms. The quantitative estimate of drug-likeness (QED) is 0.837. The molecule has 1 aliphatic rings. The first-order valence-electron chi connectivity index (χ1n) is 7.41. The maximum Gasteiger partial charge on any atom is 0.488 e. The van der Waals surface area contributed by atoms with Crippen LogP contribution in [0.3, 0.4) is 0 Å². The van der Waals surface area contributed by atoms with E-state index in [1.807, 2.05) is 12.1 Å². The summed E-state index contributed by atoms with van der Waals surface area (Å²) in [5.74, 6) is 0.639. The van der Waals surface area contributed by atoms with Crippen LogP contribution in [-0.4, -0.2) is 17.2 Å². The largest absolute Gasteiger partial charge is 0.488 e. The van der Waals surface area contributed by atoms with E-state index in [2.05, 4.69) is 34.1 Å². The molecule has 0 heterocycles. The molecule has 3 rings (SSSR count). The fourth-order valence-electron chi connectivity index (χ4n) is 3.21. The molecule has 2 aromatic carbocycles. The number of hydrogen-bond acceptors (Lipinski definition) is 2. The number of rotatable bonds is 3. The summed E-state index contributed by atoms with van der Waals surface area (Å²) in [5.41, 5.74) is 4.32. The normalized spacial score (nSPS) is 15.4. The van der Waals surface area contributed by atoms with Crippen LogP contribution in [0.25, 0.3) is 11.1 Å². The lowest BCUT2D eigenvalue weighted by Gasteiger charge is -2.16. The molecule has 0 radical (unpaired) electrons. The highest BCUT2D eigenvalue weighted by molar-refractivity contribution is 9.10. The minimum atomic E-state index is -1.40. The molecule has 1 saturated carbocycles. The highest BCUT2D eigenvalue weighted by atomic mass is 79.9. The summed E-state index contributed by atoms with van der Waals surface area (Å²) < 4.78 is 1.12. The maximum absolute atomic E-state index is 9.20. The Labute approximate surface area is 134 Å². The minimum absolute atomic E-state index is 0.526. The first kappa shape index (κ1) is 14.8. The molecule has 4 heteroatoms. The molecule has 0 aromatic heterocycles. The first-order valence-corrected chi connectivity index (χ1v) is 8.20. The van der Waals surface area contributed by atoms with Gasteiger partial charge in [-0.25, -0.2) is 0 Å². The van der Waals surface area contributed by atoms with Crippen LogP contribution in [-0.2, 0) is 0 Å². The zero-order valence-corrected chi connectivity index (χ0v) is 13.4. The van der Waals surface area contributed by atoms with Gasteiger partial charge in [0.25, 0.3) is 0 Å². The second kappa shape index (κ2) is 6.35. The van der Waals surface area contributed by atoms with Crippen molar-refractivity contribution in [3.05, 3.63) is 52.5 Å². The lowest BCUT2D eigenvalue weighted by Crippen LogP contribution is -2.29. The molecule has 2 aromatic rings. The van der Waals surface area contributed by atoms with E-state index >= 15 is 0 Å². The highest BCUT2D eigenvalue weighted by Gasteiger charge is 2.21. The van der Waals surface area contributed by atoms with Crippen molar-refractivity contribution in [1.82, 2.24) is 0 Å². The molecule has 108 valence electrons. The molecule has 0 saturated heterocycles. The lowest BCUT2D eigenvalue weighted by atomic mass is 9.79. The second-order valence-corrected chi connectivity index (χ2v) is 6.62. The average molecular weight is 345 g/mol. The molecule has 0 aliphatic heterocycles. The zero-order valence-electron chi connectivity index (χ0n) is 11.8. The van der Waals surface area contributed by atoms with Crippen LogP contribution in [0.4, 0.5) is 0 Å². The van der Waals surface area contributed by atoms with Crippen molar-refractivity contribution in [2.75, 3.05) is 0 Å². The molecule has 1 aliphatic carbocycles. The van der Waals surface area contributed by atoms with E-state index in [0.717, 1.165) is 10.0 Å². The highest BCUT2D eigenvalue weighted by Crippen LogP contribution is 2.40. The molecule has 0 bridgehead atoms. The van der Waals surface area contributed by atoms with Gasteiger partial charge >= 0.3 is 7.12 Å². The average Bonchev–Trinajstić information content (AvgIpc) is 3.01. The van der Waals surface area contributed by atoms with Gasteiger partial charge in [-0.2, -0.15) is 0 Å². The predicted octanol–water partition coefficient (Wildman–Crippen LogP) is 3.45. The van der Waals surface area contributed by atoms with Crippen molar-refractivity contribution in [1.29, 1.82) is 0 Å². The SMILES string of the molecule is OB(O)c1ccc(-c2ccc(Br)cc2C2CCCC2)cc1. The van der Waals surface area contributed by atoms with E-state index in [-0.39, 0.29) is 0 Å². The van der Waals surface area contributed by atoms with Crippen molar-refractivity contribution in [2.45, 2.75) is 31.6 Å². The van der Waals surface area contributed by atoms with Crippen LogP contribution < -0.4 is 5.46 Å². The zero-order chi connectivity index (χ0) is 14.8. The Hall–Kier alpha value is -1.10. The van der Waals surface area contributed by atoms with E-state index in [1.165, 1.54) is 36.8 Å². The van der Waals surface area contributed by atoms with Crippen LogP contribution >= 0.6 is 15.9 Å². The van der Waals surface area contributed by atoms with Gasteiger partial charge in [-0.3, -0.25) is 0 Å². The van der Waals surface area contributed by atoms with Crippen LogP contribution in [0.15, 0.2) is 46.9 Å². The van der Waals surface area contributed by atoms with Gasteiger partial charge in [-0.05, 0) is 53.0 Å². The van der Waals surface area contributed by atoms with E-state index in [1.54, 1.807) is 12.1 Å². The van der Waals surface area contributed by atoms with Gasteiger partial charge in [-0.1, -0.05) is 59.1 Å². The van der Waals surface area contributed by atoms with Crippen molar-refractivity contribution in [2.24, 2.45) is 0 Å². The van der Waals surface area contributed by atoms with Gasteiger partial charge in [0.2, 0.25) is 0 Å². The number of halogens is 1. The van der Waals surface area contributed by atoms with Gasteiger partial charge < -0.3 is 10.0 Å². The van der Waals surface area contributed by atoms with E-state index in [0.29, 0.717) is 11.4 Å². The van der Waals surface area contributed by atoms with Gasteiger partial charge in [0, 0.05) is 4.47 Å². The van der Waals surface area contributed by atoms with Gasteiger partial charge in [0.1, 0.15) is 0 Å². The fraction of sp³-hybridized carbons (Fsp3) is 0.294. The Morgan fingerprint density at radius 2 is 1.62 bits per heavy atom. The van der Waals surface area contributed by atoms with Crippen LogP contribution in [0.1, 0.15) is 37.2 Å². The Morgan fingerprint density at radius 1 is 0.952 bits per heavy atom. The summed E-state index contributed by atoms with van der Waals surface area (Å²) in [6, 6.07) is 14.0. The third-order valence-corrected chi connectivity index (χ3v) is 4.82. The summed E-state index contributed by atoms with van der Waals surface area (Å²) in [4.78, 5) is 0. The monoisotopic (exact) mass is 344 g/mol. The molecular weight excluding hydrogens is 327 g/mol. The summed E-state index contributed by atoms with van der Waals surface area (Å²) in [6.45, 7) is 0. The third-order valence-electron chi connectivity index (χ3n) is 4.33. The third kappa shape index (κ3) is 3.23. The molecule has 2 nitrogen and oxygen atoms in total. The first-order chi connectivity index (χ1) is 10.1. The Bertz CT molecular complexity index is 619. The Morgan fingerprint density at radius 3 is 2.24 bits per heavy atom. The van der Waals surface area contributed by atoms with Gasteiger partial charge in [-0.15, -0.1) is 0 Å². The molecule has 2 N–H and O–H groups in total. The fourth-order valence-corrected chi connectivity index (χ4v) is 3.58. The van der Waals surface area contributed by atoms with Crippen LogP contribution in [0.5, 0.6) is 0 Å². The van der Waals surface area contributed by atoms with Crippen molar-refractivity contribution in [3.63, 3.8) is 0 Å². The smallest absolute Gasteiger partial charge is 0.423 e. The molecule has 0 amide bonds.